The third kappa shape index (κ3) is 1.96. The molecule has 1 heterocycles. The zero-order valence-electron chi connectivity index (χ0n) is 7.03. The Labute approximate surface area is 75.8 Å². The first-order chi connectivity index (χ1) is 6.34. The van der Waals surface area contributed by atoms with Crippen LogP contribution in [-0.4, -0.2) is 0 Å². The molecule has 0 aliphatic heterocycles. The molecule has 0 N–H and O–H groups in total. The van der Waals surface area contributed by atoms with Crippen LogP contribution < -0.4 is 0 Å². The Morgan fingerprint density at radius 2 is 1.77 bits per heavy atom. The summed E-state index contributed by atoms with van der Waals surface area (Å²) in [5.74, 6) is 0.656. The molecule has 0 spiro atoms. The average Bonchev–Trinajstić information content (AvgIpc) is 2.53. The SMILES string of the molecule is Fc1ccc(Cc2ccccc2)o1. The van der Waals surface area contributed by atoms with E-state index in [9.17, 15) is 4.39 Å². The van der Waals surface area contributed by atoms with E-state index >= 15 is 0 Å². The van der Waals surface area contributed by atoms with Gasteiger partial charge in [-0.2, -0.15) is 4.39 Å². The molecule has 1 nitrogen and oxygen atoms in total. The van der Waals surface area contributed by atoms with Crippen molar-refractivity contribution >= 4 is 0 Å². The van der Waals surface area contributed by atoms with E-state index < -0.39 is 6.01 Å². The molecule has 0 amide bonds. The first kappa shape index (κ1) is 8.05. The topological polar surface area (TPSA) is 13.1 Å². The second-order valence-corrected chi connectivity index (χ2v) is 2.87. The van der Waals surface area contributed by atoms with Gasteiger partial charge in [-0.25, -0.2) is 0 Å². The fraction of sp³-hybridized carbons (Fsp3) is 0.0909. The van der Waals surface area contributed by atoms with Crippen molar-refractivity contribution in [1.82, 2.24) is 0 Å². The standard InChI is InChI=1S/C11H9FO/c12-11-7-6-10(13-11)8-9-4-2-1-3-5-9/h1-7H,8H2. The molecule has 0 fully saturated rings. The number of rotatable bonds is 2. The van der Waals surface area contributed by atoms with Crippen LogP contribution in [-0.2, 0) is 6.42 Å². The van der Waals surface area contributed by atoms with Gasteiger partial charge in [0.15, 0.2) is 0 Å². The van der Waals surface area contributed by atoms with Gasteiger partial charge >= 0.3 is 0 Å². The van der Waals surface area contributed by atoms with Gasteiger partial charge < -0.3 is 4.42 Å². The van der Waals surface area contributed by atoms with Crippen LogP contribution in [0.2, 0.25) is 0 Å². The zero-order chi connectivity index (χ0) is 9.10. The Morgan fingerprint density at radius 3 is 2.38 bits per heavy atom. The monoisotopic (exact) mass is 176 g/mol. The highest BCUT2D eigenvalue weighted by atomic mass is 19.1. The average molecular weight is 176 g/mol. The molecule has 1 aromatic heterocycles. The van der Waals surface area contributed by atoms with Gasteiger partial charge in [-0.05, 0) is 11.6 Å². The minimum Gasteiger partial charge on any atom is -0.436 e. The number of hydrogen-bond donors (Lipinski definition) is 0. The second kappa shape index (κ2) is 3.44. The summed E-state index contributed by atoms with van der Waals surface area (Å²) in [4.78, 5) is 0. The Bertz CT molecular complexity index is 378. The van der Waals surface area contributed by atoms with Crippen LogP contribution >= 0.6 is 0 Å². The van der Waals surface area contributed by atoms with E-state index in [1.165, 1.54) is 6.07 Å². The summed E-state index contributed by atoms with van der Waals surface area (Å²) < 4.78 is 17.3. The van der Waals surface area contributed by atoms with Gasteiger partial charge in [0.05, 0.1) is 0 Å². The van der Waals surface area contributed by atoms with Crippen molar-refractivity contribution in [2.45, 2.75) is 6.42 Å². The summed E-state index contributed by atoms with van der Waals surface area (Å²) in [6.07, 6.45) is 0.644. The van der Waals surface area contributed by atoms with E-state index in [0.29, 0.717) is 12.2 Å². The molecule has 0 radical (unpaired) electrons. The van der Waals surface area contributed by atoms with Crippen LogP contribution in [0, 0.1) is 6.01 Å². The molecule has 0 saturated heterocycles. The molecule has 0 aliphatic carbocycles. The summed E-state index contributed by atoms with van der Waals surface area (Å²) in [7, 11) is 0. The van der Waals surface area contributed by atoms with Gasteiger partial charge in [0, 0.05) is 12.5 Å². The van der Waals surface area contributed by atoms with Crippen molar-refractivity contribution in [3.8, 4) is 0 Å². The van der Waals surface area contributed by atoms with Crippen LogP contribution in [0.5, 0.6) is 0 Å². The highest BCUT2D eigenvalue weighted by molar-refractivity contribution is 5.20. The minimum absolute atomic E-state index is 0.522. The molecule has 0 saturated carbocycles. The fourth-order valence-corrected chi connectivity index (χ4v) is 1.24. The lowest BCUT2D eigenvalue weighted by atomic mass is 10.1. The first-order valence-corrected chi connectivity index (χ1v) is 4.13. The van der Waals surface area contributed by atoms with E-state index in [1.54, 1.807) is 6.07 Å². The van der Waals surface area contributed by atoms with Crippen LogP contribution in [0.3, 0.4) is 0 Å². The van der Waals surface area contributed by atoms with E-state index in [4.69, 9.17) is 4.42 Å². The van der Waals surface area contributed by atoms with Crippen molar-refractivity contribution in [3.05, 3.63) is 59.8 Å². The Balaban J connectivity index is 2.15. The number of benzene rings is 1. The molecule has 66 valence electrons. The summed E-state index contributed by atoms with van der Waals surface area (Å²) in [6.45, 7) is 0. The third-order valence-corrected chi connectivity index (χ3v) is 1.85. The van der Waals surface area contributed by atoms with Crippen LogP contribution in [0.25, 0.3) is 0 Å². The van der Waals surface area contributed by atoms with Gasteiger partial charge in [-0.3, -0.25) is 0 Å². The number of halogens is 1. The van der Waals surface area contributed by atoms with Crippen molar-refractivity contribution in [2.75, 3.05) is 0 Å². The lowest BCUT2D eigenvalue weighted by Crippen LogP contribution is -1.83. The highest BCUT2D eigenvalue weighted by Gasteiger charge is 2.00. The van der Waals surface area contributed by atoms with Gasteiger partial charge in [-0.1, -0.05) is 30.3 Å². The van der Waals surface area contributed by atoms with E-state index in [1.807, 2.05) is 30.3 Å². The van der Waals surface area contributed by atoms with Gasteiger partial charge in [0.2, 0.25) is 0 Å². The molecule has 0 bridgehead atoms. The predicted octanol–water partition coefficient (Wildman–Crippen LogP) is 3.01. The lowest BCUT2D eigenvalue weighted by Gasteiger charge is -1.95. The van der Waals surface area contributed by atoms with Gasteiger partial charge in [-0.15, -0.1) is 0 Å². The quantitative estimate of drug-likeness (QED) is 0.685. The van der Waals surface area contributed by atoms with Gasteiger partial charge in [0.1, 0.15) is 5.76 Å². The minimum atomic E-state index is -0.522. The normalized spacial score (nSPS) is 10.2. The molecular formula is C11H9FO. The molecule has 0 aliphatic rings. The third-order valence-electron chi connectivity index (χ3n) is 1.85. The van der Waals surface area contributed by atoms with E-state index in [-0.39, 0.29) is 0 Å². The molecule has 0 atom stereocenters. The summed E-state index contributed by atoms with van der Waals surface area (Å²) >= 11 is 0. The Morgan fingerprint density at radius 1 is 1.00 bits per heavy atom. The number of furan rings is 1. The van der Waals surface area contributed by atoms with E-state index in [2.05, 4.69) is 0 Å². The van der Waals surface area contributed by atoms with Crippen molar-refractivity contribution in [1.29, 1.82) is 0 Å². The smallest absolute Gasteiger partial charge is 0.277 e. The molecule has 13 heavy (non-hydrogen) atoms. The number of hydrogen-bond acceptors (Lipinski definition) is 1. The maximum absolute atomic E-state index is 12.5. The molecule has 1 aromatic carbocycles. The molecular weight excluding hydrogens is 167 g/mol. The van der Waals surface area contributed by atoms with Crippen molar-refractivity contribution in [2.24, 2.45) is 0 Å². The van der Waals surface area contributed by atoms with Crippen LogP contribution in [0.4, 0.5) is 4.39 Å². The summed E-state index contributed by atoms with van der Waals surface area (Å²) in [5, 5.41) is 0. The maximum atomic E-state index is 12.5. The molecule has 2 rings (SSSR count). The first-order valence-electron chi connectivity index (χ1n) is 4.13. The van der Waals surface area contributed by atoms with Gasteiger partial charge in [0.25, 0.3) is 6.01 Å². The Hall–Kier alpha value is -1.57. The second-order valence-electron chi connectivity index (χ2n) is 2.87. The van der Waals surface area contributed by atoms with E-state index in [0.717, 1.165) is 5.56 Å². The van der Waals surface area contributed by atoms with Crippen LogP contribution in [0.1, 0.15) is 11.3 Å². The van der Waals surface area contributed by atoms with Crippen LogP contribution in [0.15, 0.2) is 46.9 Å². The Kier molecular flexibility index (Phi) is 2.13. The summed E-state index contributed by atoms with van der Waals surface area (Å²) in [6, 6.07) is 12.3. The molecule has 2 heteroatoms. The zero-order valence-corrected chi connectivity index (χ0v) is 7.03. The maximum Gasteiger partial charge on any atom is 0.277 e. The van der Waals surface area contributed by atoms with Crippen molar-refractivity contribution < 1.29 is 8.81 Å². The fourth-order valence-electron chi connectivity index (χ4n) is 1.24. The largest absolute Gasteiger partial charge is 0.436 e. The molecule has 2 aromatic rings. The predicted molar refractivity (Wildman–Crippen MR) is 47.9 cm³/mol. The highest BCUT2D eigenvalue weighted by Crippen LogP contribution is 2.11. The summed E-state index contributed by atoms with van der Waals surface area (Å²) in [5.41, 5.74) is 1.12. The van der Waals surface area contributed by atoms with Crippen molar-refractivity contribution in [3.63, 3.8) is 0 Å². The lowest BCUT2D eigenvalue weighted by molar-refractivity contribution is 0.341. The molecule has 0 unspecified atom stereocenters.